The van der Waals surface area contributed by atoms with E-state index in [0.29, 0.717) is 16.5 Å². The largest absolute Gasteiger partial charge is 0.454 e. The van der Waals surface area contributed by atoms with E-state index in [1.54, 1.807) is 6.07 Å². The number of hydrogen-bond acceptors (Lipinski definition) is 5. The maximum atomic E-state index is 12.1. The molecule has 0 bridgehead atoms. The Balaban J connectivity index is 1.70. The number of hydrogen-bond donors (Lipinski definition) is 2. The number of sulfonamides is 1. The zero-order chi connectivity index (χ0) is 16.4. The quantitative estimate of drug-likeness (QED) is 0.815. The molecule has 9 heteroatoms. The number of ether oxygens (including phenoxy) is 2. The van der Waals surface area contributed by atoms with E-state index in [1.807, 2.05) is 4.83 Å². The summed E-state index contributed by atoms with van der Waals surface area (Å²) in [5, 5.41) is 0.411. The van der Waals surface area contributed by atoms with Gasteiger partial charge in [0, 0.05) is 10.6 Å². The van der Waals surface area contributed by atoms with Crippen molar-refractivity contribution < 1.29 is 22.7 Å². The van der Waals surface area contributed by atoms with Crippen molar-refractivity contribution in [3.8, 4) is 11.5 Å². The first-order valence-corrected chi connectivity index (χ1v) is 8.29. The fourth-order valence-electron chi connectivity index (χ4n) is 1.90. The Morgan fingerprint density at radius 1 is 1.04 bits per heavy atom. The predicted molar refractivity (Wildman–Crippen MR) is 81.8 cm³/mol. The van der Waals surface area contributed by atoms with Gasteiger partial charge in [0.25, 0.3) is 15.9 Å². The first-order valence-electron chi connectivity index (χ1n) is 6.43. The molecule has 2 N–H and O–H groups in total. The zero-order valence-electron chi connectivity index (χ0n) is 11.6. The van der Waals surface area contributed by atoms with Crippen LogP contribution in [0.1, 0.15) is 10.4 Å². The number of carbonyl (C=O) groups is 1. The van der Waals surface area contributed by atoms with E-state index in [0.717, 1.165) is 0 Å². The summed E-state index contributed by atoms with van der Waals surface area (Å²) >= 11 is 5.71. The SMILES string of the molecule is O=C(NNS(=O)(=O)c1ccc(Cl)cc1)c1ccc2c(c1)OCO2. The number of rotatable bonds is 4. The highest BCUT2D eigenvalue weighted by Gasteiger charge is 2.18. The van der Waals surface area contributed by atoms with E-state index in [2.05, 4.69) is 5.43 Å². The van der Waals surface area contributed by atoms with Crippen molar-refractivity contribution in [2.75, 3.05) is 6.79 Å². The summed E-state index contributed by atoms with van der Waals surface area (Å²) in [6.07, 6.45) is 0. The fourth-order valence-corrected chi connectivity index (χ4v) is 2.86. The second-order valence-electron chi connectivity index (χ2n) is 4.58. The van der Waals surface area contributed by atoms with Crippen LogP contribution in [0, 0.1) is 0 Å². The summed E-state index contributed by atoms with van der Waals surface area (Å²) in [5.41, 5.74) is 2.37. The maximum absolute atomic E-state index is 12.1. The lowest BCUT2D eigenvalue weighted by Gasteiger charge is -2.09. The van der Waals surface area contributed by atoms with Crippen LogP contribution < -0.4 is 19.7 Å². The van der Waals surface area contributed by atoms with Crippen LogP contribution in [-0.4, -0.2) is 21.1 Å². The van der Waals surface area contributed by atoms with Crippen molar-refractivity contribution in [3.05, 3.63) is 53.1 Å². The molecule has 0 saturated heterocycles. The van der Waals surface area contributed by atoms with Crippen LogP contribution in [-0.2, 0) is 10.0 Å². The first kappa shape index (κ1) is 15.6. The van der Waals surface area contributed by atoms with Gasteiger partial charge in [0.15, 0.2) is 11.5 Å². The van der Waals surface area contributed by atoms with E-state index in [-0.39, 0.29) is 17.3 Å². The molecule has 2 aromatic rings. The van der Waals surface area contributed by atoms with Crippen molar-refractivity contribution >= 4 is 27.5 Å². The minimum Gasteiger partial charge on any atom is -0.454 e. The number of fused-ring (bicyclic) bond motifs is 1. The predicted octanol–water partition coefficient (Wildman–Crippen LogP) is 1.69. The zero-order valence-corrected chi connectivity index (χ0v) is 13.1. The van der Waals surface area contributed by atoms with Crippen LogP contribution in [0.15, 0.2) is 47.4 Å². The highest BCUT2D eigenvalue weighted by molar-refractivity contribution is 7.89. The molecule has 1 heterocycles. The van der Waals surface area contributed by atoms with Crippen molar-refractivity contribution in [1.82, 2.24) is 10.3 Å². The number of amides is 1. The molecule has 120 valence electrons. The number of carbonyl (C=O) groups excluding carboxylic acids is 1. The van der Waals surface area contributed by atoms with Crippen LogP contribution in [0.25, 0.3) is 0 Å². The Morgan fingerprint density at radius 2 is 1.74 bits per heavy atom. The molecule has 2 aromatic carbocycles. The molecule has 7 nitrogen and oxygen atoms in total. The van der Waals surface area contributed by atoms with Crippen molar-refractivity contribution in [2.24, 2.45) is 0 Å². The van der Waals surface area contributed by atoms with Gasteiger partial charge in [0.2, 0.25) is 6.79 Å². The third-order valence-corrected chi connectivity index (χ3v) is 4.57. The van der Waals surface area contributed by atoms with Crippen LogP contribution >= 0.6 is 11.6 Å². The number of hydrazine groups is 1. The monoisotopic (exact) mass is 354 g/mol. The smallest absolute Gasteiger partial charge is 0.266 e. The molecule has 0 aromatic heterocycles. The third kappa shape index (κ3) is 3.39. The summed E-state index contributed by atoms with van der Waals surface area (Å²) in [7, 11) is -3.89. The van der Waals surface area contributed by atoms with Crippen LogP contribution in [0.5, 0.6) is 11.5 Å². The molecule has 1 aliphatic heterocycles. The van der Waals surface area contributed by atoms with Gasteiger partial charge in [-0.2, -0.15) is 0 Å². The normalized spacial score (nSPS) is 12.9. The van der Waals surface area contributed by atoms with E-state index in [4.69, 9.17) is 21.1 Å². The number of nitrogens with one attached hydrogen (secondary N) is 2. The van der Waals surface area contributed by atoms with Gasteiger partial charge in [-0.1, -0.05) is 11.6 Å². The highest BCUT2D eigenvalue weighted by atomic mass is 35.5. The van der Waals surface area contributed by atoms with Crippen LogP contribution in [0.2, 0.25) is 5.02 Å². The summed E-state index contributed by atoms with van der Waals surface area (Å²) in [6, 6.07) is 10.1. The van der Waals surface area contributed by atoms with Crippen molar-refractivity contribution in [2.45, 2.75) is 4.90 Å². The van der Waals surface area contributed by atoms with Gasteiger partial charge in [0.05, 0.1) is 4.90 Å². The van der Waals surface area contributed by atoms with E-state index in [1.165, 1.54) is 36.4 Å². The van der Waals surface area contributed by atoms with E-state index in [9.17, 15) is 13.2 Å². The molecule has 0 radical (unpaired) electrons. The molecule has 1 amide bonds. The van der Waals surface area contributed by atoms with Gasteiger partial charge in [0.1, 0.15) is 0 Å². The molecular formula is C14H11ClN2O5S. The molecule has 1 aliphatic rings. The number of benzene rings is 2. The maximum Gasteiger partial charge on any atom is 0.266 e. The minimum absolute atomic E-state index is 0.0205. The molecule has 0 atom stereocenters. The van der Waals surface area contributed by atoms with Gasteiger partial charge < -0.3 is 9.47 Å². The Morgan fingerprint density at radius 3 is 2.48 bits per heavy atom. The summed E-state index contributed by atoms with van der Waals surface area (Å²) in [4.78, 5) is 14.0. The van der Waals surface area contributed by atoms with Crippen molar-refractivity contribution in [1.29, 1.82) is 0 Å². The average molecular weight is 355 g/mol. The second kappa shape index (κ2) is 6.07. The molecule has 0 saturated carbocycles. The fraction of sp³-hybridized carbons (Fsp3) is 0.0714. The third-order valence-electron chi connectivity index (χ3n) is 3.06. The number of halogens is 1. The Bertz CT molecular complexity index is 852. The molecule has 0 aliphatic carbocycles. The van der Waals surface area contributed by atoms with Crippen molar-refractivity contribution in [3.63, 3.8) is 0 Å². The van der Waals surface area contributed by atoms with E-state index < -0.39 is 15.9 Å². The Hall–Kier alpha value is -2.29. The molecule has 0 unspecified atom stereocenters. The van der Waals surface area contributed by atoms with Gasteiger partial charge in [-0.25, -0.2) is 8.42 Å². The standard InChI is InChI=1S/C14H11ClN2O5S/c15-10-2-4-11(5-3-10)23(19,20)17-16-14(18)9-1-6-12-13(7-9)22-8-21-12/h1-7,17H,8H2,(H,16,18). The summed E-state index contributed by atoms with van der Waals surface area (Å²) < 4.78 is 34.4. The molecule has 3 rings (SSSR count). The lowest BCUT2D eigenvalue weighted by Crippen LogP contribution is -2.41. The Labute approximate surface area is 137 Å². The first-order chi connectivity index (χ1) is 11.0. The van der Waals surface area contributed by atoms with Gasteiger partial charge in [-0.3, -0.25) is 10.2 Å². The Kier molecular flexibility index (Phi) is 4.12. The molecule has 0 spiro atoms. The lowest BCUT2D eigenvalue weighted by atomic mass is 10.2. The van der Waals surface area contributed by atoms with E-state index >= 15 is 0 Å². The van der Waals surface area contributed by atoms with Gasteiger partial charge >= 0.3 is 0 Å². The summed E-state index contributed by atoms with van der Waals surface area (Å²) in [6.45, 7) is 0.0869. The van der Waals surface area contributed by atoms with Crippen LogP contribution in [0.3, 0.4) is 0 Å². The molecule has 0 fully saturated rings. The topological polar surface area (TPSA) is 93.7 Å². The molecule has 23 heavy (non-hydrogen) atoms. The molecular weight excluding hydrogens is 344 g/mol. The van der Waals surface area contributed by atoms with Gasteiger partial charge in [-0.05, 0) is 42.5 Å². The van der Waals surface area contributed by atoms with Gasteiger partial charge in [-0.15, -0.1) is 4.83 Å². The second-order valence-corrected chi connectivity index (χ2v) is 6.70. The summed E-state index contributed by atoms with van der Waals surface area (Å²) in [5.74, 6) is 0.336. The van der Waals surface area contributed by atoms with Crippen LogP contribution in [0.4, 0.5) is 0 Å². The minimum atomic E-state index is -3.89. The highest BCUT2D eigenvalue weighted by Crippen LogP contribution is 2.32. The lowest BCUT2D eigenvalue weighted by molar-refractivity contribution is 0.0944. The average Bonchev–Trinajstić information content (AvgIpc) is 3.00.